The summed E-state index contributed by atoms with van der Waals surface area (Å²) in [4.78, 5) is 20.8. The SMILES string of the molecule is CCN1CCN(c2cccc3c2CN([C@H](CCCNCc2cccc(F)c2)c2ccc(OC)c(OC)c2)C3=O)CC1. The fraction of sp³-hybridized carbons (Fsp3) is 0.424. The lowest BCUT2D eigenvalue weighted by atomic mass is 9.99. The number of rotatable bonds is 12. The van der Waals surface area contributed by atoms with E-state index in [-0.39, 0.29) is 17.8 Å². The number of nitrogens with one attached hydrogen (secondary N) is 1. The number of anilines is 1. The summed E-state index contributed by atoms with van der Waals surface area (Å²) in [7, 11) is 3.26. The van der Waals surface area contributed by atoms with Gasteiger partial charge >= 0.3 is 0 Å². The summed E-state index contributed by atoms with van der Waals surface area (Å²) in [5.41, 5.74) is 5.04. The van der Waals surface area contributed by atoms with Crippen LogP contribution in [0.4, 0.5) is 10.1 Å². The minimum absolute atomic E-state index is 0.0709. The van der Waals surface area contributed by atoms with Crippen molar-refractivity contribution >= 4 is 11.6 Å². The number of ether oxygens (including phenoxy) is 2. The van der Waals surface area contributed by atoms with Gasteiger partial charge in [0.05, 0.1) is 20.3 Å². The highest BCUT2D eigenvalue weighted by Crippen LogP contribution is 2.40. The van der Waals surface area contributed by atoms with Gasteiger partial charge in [0.25, 0.3) is 5.91 Å². The Morgan fingerprint density at radius 3 is 2.46 bits per heavy atom. The first-order valence-electron chi connectivity index (χ1n) is 14.6. The molecule has 218 valence electrons. The third kappa shape index (κ3) is 6.49. The molecule has 1 atom stereocenters. The molecule has 7 nitrogen and oxygen atoms in total. The van der Waals surface area contributed by atoms with Gasteiger partial charge in [-0.2, -0.15) is 0 Å². The van der Waals surface area contributed by atoms with Crippen LogP contribution in [0.25, 0.3) is 0 Å². The number of amides is 1. The molecule has 1 amide bonds. The normalized spacial score (nSPS) is 16.1. The molecule has 2 aliphatic rings. The molecule has 1 fully saturated rings. The standard InChI is InChI=1S/C33H41FN4O3/c1-4-36-16-18-37(19-17-36)30-11-6-10-27-28(30)23-38(33(27)39)29(25-13-14-31(40-2)32(21-25)41-3)12-7-15-35-22-24-8-5-9-26(34)20-24/h5-6,8-11,13-14,20-21,29,35H,4,7,12,15-19,22-23H2,1-3H3/t29-/m1/s1. The average molecular weight is 561 g/mol. The molecule has 3 aromatic carbocycles. The largest absolute Gasteiger partial charge is 0.493 e. The Kier molecular flexibility index (Phi) is 9.42. The fourth-order valence-electron chi connectivity index (χ4n) is 6.05. The van der Waals surface area contributed by atoms with Crippen LogP contribution in [-0.2, 0) is 13.1 Å². The summed E-state index contributed by atoms with van der Waals surface area (Å²) in [6.07, 6.45) is 1.62. The number of hydrogen-bond donors (Lipinski definition) is 1. The number of hydrogen-bond acceptors (Lipinski definition) is 6. The molecule has 0 aliphatic carbocycles. The van der Waals surface area contributed by atoms with E-state index in [0.717, 1.165) is 74.4 Å². The third-order valence-electron chi connectivity index (χ3n) is 8.35. The number of halogens is 1. The van der Waals surface area contributed by atoms with E-state index in [1.54, 1.807) is 26.4 Å². The Morgan fingerprint density at radius 1 is 0.951 bits per heavy atom. The number of carbonyl (C=O) groups excluding carboxylic acids is 1. The zero-order chi connectivity index (χ0) is 28.8. The van der Waals surface area contributed by atoms with E-state index in [0.29, 0.717) is 24.6 Å². The smallest absolute Gasteiger partial charge is 0.255 e. The van der Waals surface area contributed by atoms with Gasteiger partial charge < -0.3 is 29.5 Å². The van der Waals surface area contributed by atoms with Crippen LogP contribution in [0.15, 0.2) is 60.7 Å². The van der Waals surface area contributed by atoms with E-state index >= 15 is 0 Å². The van der Waals surface area contributed by atoms with Crippen molar-refractivity contribution < 1.29 is 18.7 Å². The summed E-state index contributed by atoms with van der Waals surface area (Å²) >= 11 is 0. The molecule has 2 heterocycles. The van der Waals surface area contributed by atoms with E-state index in [2.05, 4.69) is 28.1 Å². The highest BCUT2D eigenvalue weighted by Gasteiger charge is 2.36. The summed E-state index contributed by atoms with van der Waals surface area (Å²) < 4.78 is 24.7. The molecule has 0 unspecified atom stereocenters. The van der Waals surface area contributed by atoms with Crippen LogP contribution in [-0.4, -0.2) is 69.2 Å². The topological polar surface area (TPSA) is 57.3 Å². The number of carbonyl (C=O) groups is 1. The molecule has 1 saturated heterocycles. The lowest BCUT2D eigenvalue weighted by molar-refractivity contribution is 0.0689. The molecule has 2 aliphatic heterocycles. The number of benzene rings is 3. The molecular weight excluding hydrogens is 519 g/mol. The van der Waals surface area contributed by atoms with E-state index in [1.165, 1.54) is 11.8 Å². The van der Waals surface area contributed by atoms with Crippen molar-refractivity contribution in [1.29, 1.82) is 0 Å². The monoisotopic (exact) mass is 560 g/mol. The predicted molar refractivity (Wildman–Crippen MR) is 160 cm³/mol. The first-order chi connectivity index (χ1) is 20.0. The minimum atomic E-state index is -0.225. The summed E-state index contributed by atoms with van der Waals surface area (Å²) in [6, 6.07) is 18.6. The molecule has 0 saturated carbocycles. The van der Waals surface area contributed by atoms with Gasteiger partial charge in [-0.15, -0.1) is 0 Å². The first-order valence-corrected chi connectivity index (χ1v) is 14.6. The van der Waals surface area contributed by atoms with Gasteiger partial charge in [-0.05, 0) is 73.5 Å². The second-order valence-electron chi connectivity index (χ2n) is 10.7. The lowest BCUT2D eigenvalue weighted by Crippen LogP contribution is -2.46. The van der Waals surface area contributed by atoms with Crippen LogP contribution >= 0.6 is 0 Å². The molecule has 0 aromatic heterocycles. The molecule has 0 bridgehead atoms. The van der Waals surface area contributed by atoms with Crippen molar-refractivity contribution in [3.05, 3.63) is 88.7 Å². The molecular formula is C33H41FN4O3. The van der Waals surface area contributed by atoms with Crippen molar-refractivity contribution in [2.45, 2.75) is 38.9 Å². The Balaban J connectivity index is 1.35. The number of piperazine rings is 1. The third-order valence-corrected chi connectivity index (χ3v) is 8.35. The molecule has 0 radical (unpaired) electrons. The maximum absolute atomic E-state index is 13.9. The lowest BCUT2D eigenvalue weighted by Gasteiger charge is -2.36. The van der Waals surface area contributed by atoms with Crippen LogP contribution < -0.4 is 19.7 Å². The Labute approximate surface area is 242 Å². The second-order valence-corrected chi connectivity index (χ2v) is 10.7. The van der Waals surface area contributed by atoms with Crippen LogP contribution in [0.2, 0.25) is 0 Å². The van der Waals surface area contributed by atoms with E-state index < -0.39 is 0 Å². The Morgan fingerprint density at radius 2 is 1.73 bits per heavy atom. The van der Waals surface area contributed by atoms with E-state index in [4.69, 9.17) is 9.47 Å². The maximum atomic E-state index is 13.9. The second kappa shape index (κ2) is 13.4. The first kappa shape index (κ1) is 28.9. The van der Waals surface area contributed by atoms with Crippen LogP contribution in [0.5, 0.6) is 11.5 Å². The minimum Gasteiger partial charge on any atom is -0.493 e. The van der Waals surface area contributed by atoms with Gasteiger partial charge in [-0.1, -0.05) is 31.2 Å². The molecule has 1 N–H and O–H groups in total. The summed E-state index contributed by atoms with van der Waals surface area (Å²) in [5, 5.41) is 3.43. The fourth-order valence-corrected chi connectivity index (χ4v) is 6.05. The quantitative estimate of drug-likeness (QED) is 0.306. The molecule has 0 spiro atoms. The van der Waals surface area contributed by atoms with Gasteiger partial charge in [0.2, 0.25) is 0 Å². The van der Waals surface area contributed by atoms with Gasteiger partial charge in [-0.3, -0.25) is 4.79 Å². The molecule has 3 aromatic rings. The van der Waals surface area contributed by atoms with Gasteiger partial charge in [0.15, 0.2) is 11.5 Å². The van der Waals surface area contributed by atoms with Gasteiger partial charge in [0.1, 0.15) is 5.82 Å². The van der Waals surface area contributed by atoms with Crippen molar-refractivity contribution in [2.24, 2.45) is 0 Å². The van der Waals surface area contributed by atoms with Crippen molar-refractivity contribution in [2.75, 3.05) is 58.4 Å². The maximum Gasteiger partial charge on any atom is 0.255 e. The van der Waals surface area contributed by atoms with Crippen LogP contribution in [0, 0.1) is 5.82 Å². The number of methoxy groups -OCH3 is 2. The van der Waals surface area contributed by atoms with E-state index in [1.807, 2.05) is 41.3 Å². The number of nitrogens with zero attached hydrogens (tertiary/aromatic N) is 3. The van der Waals surface area contributed by atoms with E-state index in [9.17, 15) is 9.18 Å². The molecule has 8 heteroatoms. The molecule has 5 rings (SSSR count). The number of fused-ring (bicyclic) bond motifs is 1. The Hall–Kier alpha value is -3.62. The van der Waals surface area contributed by atoms with Crippen molar-refractivity contribution in [3.63, 3.8) is 0 Å². The van der Waals surface area contributed by atoms with Crippen LogP contribution in [0.3, 0.4) is 0 Å². The van der Waals surface area contributed by atoms with Gasteiger partial charge in [-0.25, -0.2) is 4.39 Å². The van der Waals surface area contributed by atoms with Gasteiger partial charge in [0, 0.05) is 56.1 Å². The zero-order valence-corrected chi connectivity index (χ0v) is 24.4. The van der Waals surface area contributed by atoms with Crippen molar-refractivity contribution in [1.82, 2.24) is 15.1 Å². The highest BCUT2D eigenvalue weighted by atomic mass is 19.1. The summed E-state index contributed by atoms with van der Waals surface area (Å²) in [6.45, 7) is 9.21. The zero-order valence-electron chi connectivity index (χ0n) is 24.4. The van der Waals surface area contributed by atoms with Crippen LogP contribution in [0.1, 0.15) is 52.9 Å². The van der Waals surface area contributed by atoms with Crippen molar-refractivity contribution in [3.8, 4) is 11.5 Å². The number of likely N-dealkylation sites (N-methyl/N-ethyl adjacent to an activating group) is 1. The predicted octanol–water partition coefficient (Wildman–Crippen LogP) is 5.25. The summed E-state index contributed by atoms with van der Waals surface area (Å²) in [5.74, 6) is 1.16. The Bertz CT molecular complexity index is 1340. The molecule has 41 heavy (non-hydrogen) atoms. The highest BCUT2D eigenvalue weighted by molar-refractivity contribution is 6.00. The average Bonchev–Trinajstić information content (AvgIpc) is 3.34.